The number of hydrogen-bond donors (Lipinski definition) is 1. The molecule has 1 aliphatic rings. The van der Waals surface area contributed by atoms with Crippen molar-refractivity contribution < 1.29 is 14.3 Å². The zero-order valence-electron chi connectivity index (χ0n) is 9.98. The van der Waals surface area contributed by atoms with Crippen LogP contribution >= 0.6 is 0 Å². The van der Waals surface area contributed by atoms with Gasteiger partial charge >= 0.3 is 0 Å². The molecule has 1 aromatic rings. The van der Waals surface area contributed by atoms with Crippen molar-refractivity contribution in [3.05, 3.63) is 23.7 Å². The van der Waals surface area contributed by atoms with Crippen molar-refractivity contribution in [2.45, 2.75) is 38.2 Å². The van der Waals surface area contributed by atoms with Crippen LogP contribution in [0.4, 0.5) is 0 Å². The predicted octanol–water partition coefficient (Wildman–Crippen LogP) is 2.86. The number of aliphatic hydroxyl groups is 1. The largest absolute Gasteiger partial charge is 0.463 e. The molecule has 3 atom stereocenters. The molecule has 1 fully saturated rings. The second-order valence-corrected chi connectivity index (χ2v) is 4.71. The smallest absolute Gasteiger partial charge is 0.132 e. The van der Waals surface area contributed by atoms with Gasteiger partial charge in [0.1, 0.15) is 17.6 Å². The standard InChI is InChI=1S/C13H20O3/c1-9-8-10(9)12-5-6-13(16-12)11(14)4-3-7-15-2/h5-6,9-11,14H,3-4,7-8H2,1-2H3. The summed E-state index contributed by atoms with van der Waals surface area (Å²) in [6, 6.07) is 3.90. The monoisotopic (exact) mass is 224 g/mol. The molecule has 0 aliphatic heterocycles. The minimum absolute atomic E-state index is 0.488. The third kappa shape index (κ3) is 2.66. The van der Waals surface area contributed by atoms with E-state index in [4.69, 9.17) is 9.15 Å². The average molecular weight is 224 g/mol. The van der Waals surface area contributed by atoms with E-state index in [0.717, 1.165) is 18.1 Å². The van der Waals surface area contributed by atoms with Crippen LogP contribution in [0.2, 0.25) is 0 Å². The van der Waals surface area contributed by atoms with Gasteiger partial charge in [0.2, 0.25) is 0 Å². The molecule has 2 rings (SSSR count). The van der Waals surface area contributed by atoms with Gasteiger partial charge in [-0.05, 0) is 37.3 Å². The van der Waals surface area contributed by atoms with Crippen molar-refractivity contribution in [3.8, 4) is 0 Å². The maximum absolute atomic E-state index is 9.88. The molecule has 3 nitrogen and oxygen atoms in total. The number of rotatable bonds is 6. The topological polar surface area (TPSA) is 42.6 Å². The molecule has 1 saturated carbocycles. The number of methoxy groups -OCH3 is 1. The summed E-state index contributed by atoms with van der Waals surface area (Å²) in [5.74, 6) is 3.06. The fraction of sp³-hybridized carbons (Fsp3) is 0.692. The first-order valence-electron chi connectivity index (χ1n) is 5.99. The van der Waals surface area contributed by atoms with Gasteiger partial charge in [0.05, 0.1) is 0 Å². The Morgan fingerprint density at radius 1 is 1.56 bits per heavy atom. The Hall–Kier alpha value is -0.800. The second-order valence-electron chi connectivity index (χ2n) is 4.71. The lowest BCUT2D eigenvalue weighted by Crippen LogP contribution is -1.98. The Labute approximate surface area is 96.4 Å². The summed E-state index contributed by atoms with van der Waals surface area (Å²) in [5.41, 5.74) is 0. The number of ether oxygens (including phenoxy) is 1. The first-order chi connectivity index (χ1) is 7.72. The lowest BCUT2D eigenvalue weighted by Gasteiger charge is -2.06. The third-order valence-corrected chi connectivity index (χ3v) is 3.28. The quantitative estimate of drug-likeness (QED) is 0.755. The molecule has 1 N–H and O–H groups in total. The predicted molar refractivity (Wildman–Crippen MR) is 61.3 cm³/mol. The first kappa shape index (κ1) is 11.7. The molecule has 1 aromatic heterocycles. The molecule has 0 aromatic carbocycles. The normalized spacial score (nSPS) is 25.7. The van der Waals surface area contributed by atoms with Gasteiger partial charge < -0.3 is 14.3 Å². The van der Waals surface area contributed by atoms with Crippen LogP contribution in [0, 0.1) is 5.92 Å². The van der Waals surface area contributed by atoms with Gasteiger partial charge in [0.15, 0.2) is 0 Å². The van der Waals surface area contributed by atoms with Crippen LogP contribution < -0.4 is 0 Å². The van der Waals surface area contributed by atoms with E-state index in [9.17, 15) is 5.11 Å². The van der Waals surface area contributed by atoms with Gasteiger partial charge in [-0.25, -0.2) is 0 Å². The molecule has 3 unspecified atom stereocenters. The fourth-order valence-electron chi connectivity index (χ4n) is 2.03. The van der Waals surface area contributed by atoms with Crippen molar-refractivity contribution in [3.63, 3.8) is 0 Å². The molecular formula is C13H20O3. The van der Waals surface area contributed by atoms with Crippen molar-refractivity contribution in [1.29, 1.82) is 0 Å². The zero-order chi connectivity index (χ0) is 11.5. The molecule has 0 amide bonds. The third-order valence-electron chi connectivity index (χ3n) is 3.28. The highest BCUT2D eigenvalue weighted by Gasteiger charge is 2.36. The number of aliphatic hydroxyl groups excluding tert-OH is 1. The summed E-state index contributed by atoms with van der Waals surface area (Å²) in [5, 5.41) is 9.88. The summed E-state index contributed by atoms with van der Waals surface area (Å²) in [6.07, 6.45) is 2.28. The number of furan rings is 1. The second kappa shape index (κ2) is 5.02. The van der Waals surface area contributed by atoms with Crippen LogP contribution in [0.15, 0.2) is 16.5 Å². The van der Waals surface area contributed by atoms with E-state index in [1.807, 2.05) is 12.1 Å². The van der Waals surface area contributed by atoms with Crippen LogP contribution in [0.1, 0.15) is 49.7 Å². The van der Waals surface area contributed by atoms with E-state index in [2.05, 4.69) is 6.92 Å². The minimum Gasteiger partial charge on any atom is -0.463 e. The van der Waals surface area contributed by atoms with E-state index in [-0.39, 0.29) is 0 Å². The van der Waals surface area contributed by atoms with Crippen molar-refractivity contribution >= 4 is 0 Å². The van der Waals surface area contributed by atoms with E-state index in [1.165, 1.54) is 6.42 Å². The summed E-state index contributed by atoms with van der Waals surface area (Å²) in [6.45, 7) is 2.91. The van der Waals surface area contributed by atoms with E-state index < -0.39 is 6.10 Å². The van der Waals surface area contributed by atoms with Crippen molar-refractivity contribution in [2.75, 3.05) is 13.7 Å². The Morgan fingerprint density at radius 3 is 2.94 bits per heavy atom. The molecule has 1 heterocycles. The van der Waals surface area contributed by atoms with E-state index in [1.54, 1.807) is 7.11 Å². The van der Waals surface area contributed by atoms with Crippen LogP contribution in [0.5, 0.6) is 0 Å². The molecule has 90 valence electrons. The van der Waals surface area contributed by atoms with E-state index in [0.29, 0.717) is 24.7 Å². The fourth-order valence-corrected chi connectivity index (χ4v) is 2.03. The summed E-state index contributed by atoms with van der Waals surface area (Å²) in [4.78, 5) is 0. The van der Waals surface area contributed by atoms with Crippen molar-refractivity contribution in [2.24, 2.45) is 5.92 Å². The molecule has 1 aliphatic carbocycles. The van der Waals surface area contributed by atoms with Gasteiger partial charge in [-0.3, -0.25) is 0 Å². The Bertz CT molecular complexity index is 332. The summed E-state index contributed by atoms with van der Waals surface area (Å²) < 4.78 is 10.6. The van der Waals surface area contributed by atoms with Gasteiger partial charge in [-0.2, -0.15) is 0 Å². The maximum atomic E-state index is 9.88. The zero-order valence-corrected chi connectivity index (χ0v) is 9.98. The van der Waals surface area contributed by atoms with Gasteiger partial charge in [0.25, 0.3) is 0 Å². The molecule has 0 spiro atoms. The van der Waals surface area contributed by atoms with Crippen molar-refractivity contribution in [1.82, 2.24) is 0 Å². The van der Waals surface area contributed by atoms with E-state index >= 15 is 0 Å². The maximum Gasteiger partial charge on any atom is 0.132 e. The molecule has 0 saturated heterocycles. The lowest BCUT2D eigenvalue weighted by molar-refractivity contribution is 0.117. The lowest BCUT2D eigenvalue weighted by atomic mass is 10.1. The molecule has 0 bridgehead atoms. The van der Waals surface area contributed by atoms with Gasteiger partial charge in [-0.15, -0.1) is 0 Å². The Morgan fingerprint density at radius 2 is 2.31 bits per heavy atom. The number of hydrogen-bond acceptors (Lipinski definition) is 3. The van der Waals surface area contributed by atoms with Crippen LogP contribution in [-0.2, 0) is 4.74 Å². The van der Waals surface area contributed by atoms with Crippen LogP contribution in [-0.4, -0.2) is 18.8 Å². The average Bonchev–Trinajstić information content (AvgIpc) is 2.82. The SMILES string of the molecule is COCCCC(O)c1ccc(C2CC2C)o1. The van der Waals surface area contributed by atoms with Crippen LogP contribution in [0.25, 0.3) is 0 Å². The molecule has 0 radical (unpaired) electrons. The molecule has 3 heteroatoms. The highest BCUT2D eigenvalue weighted by atomic mass is 16.5. The first-order valence-corrected chi connectivity index (χ1v) is 5.99. The molecule has 16 heavy (non-hydrogen) atoms. The minimum atomic E-state index is -0.488. The highest BCUT2D eigenvalue weighted by Crippen LogP contribution is 2.47. The highest BCUT2D eigenvalue weighted by molar-refractivity contribution is 5.18. The Balaban J connectivity index is 1.86. The van der Waals surface area contributed by atoms with Gasteiger partial charge in [0, 0.05) is 19.6 Å². The summed E-state index contributed by atoms with van der Waals surface area (Å²) >= 11 is 0. The summed E-state index contributed by atoms with van der Waals surface area (Å²) in [7, 11) is 1.67. The Kier molecular flexibility index (Phi) is 3.66. The molecular weight excluding hydrogens is 204 g/mol. The van der Waals surface area contributed by atoms with Gasteiger partial charge in [-0.1, -0.05) is 6.92 Å². The van der Waals surface area contributed by atoms with Crippen LogP contribution in [0.3, 0.4) is 0 Å².